The number of benzene rings is 2. The highest BCUT2D eigenvalue weighted by atomic mass is 35.5. The molecule has 0 bridgehead atoms. The molecule has 0 aliphatic heterocycles. The summed E-state index contributed by atoms with van der Waals surface area (Å²) in [6.07, 6.45) is 0. The van der Waals surface area contributed by atoms with Gasteiger partial charge in [-0.25, -0.2) is 4.79 Å². The third-order valence-electron chi connectivity index (χ3n) is 4.76. The predicted molar refractivity (Wildman–Crippen MR) is 109 cm³/mol. The van der Waals surface area contributed by atoms with Crippen LogP contribution in [0, 0.1) is 5.92 Å². The molecular formula is C22H22ClNO4. The summed E-state index contributed by atoms with van der Waals surface area (Å²) in [6, 6.07) is 12.3. The van der Waals surface area contributed by atoms with Gasteiger partial charge in [-0.3, -0.25) is 4.79 Å². The highest BCUT2D eigenvalue weighted by molar-refractivity contribution is 6.31. The minimum Gasteiger partial charge on any atom is -0.478 e. The molecule has 0 fully saturated rings. The van der Waals surface area contributed by atoms with E-state index in [0.717, 1.165) is 16.6 Å². The van der Waals surface area contributed by atoms with E-state index in [2.05, 4.69) is 0 Å². The van der Waals surface area contributed by atoms with Crippen molar-refractivity contribution >= 4 is 34.3 Å². The monoisotopic (exact) mass is 399 g/mol. The molecule has 146 valence electrons. The zero-order valence-electron chi connectivity index (χ0n) is 16.0. The van der Waals surface area contributed by atoms with E-state index in [1.807, 2.05) is 36.6 Å². The van der Waals surface area contributed by atoms with E-state index in [9.17, 15) is 14.7 Å². The number of carboxylic acids is 1. The average Bonchev–Trinajstić information content (AvgIpc) is 2.95. The van der Waals surface area contributed by atoms with Crippen molar-refractivity contribution in [2.45, 2.75) is 27.0 Å². The first-order valence-electron chi connectivity index (χ1n) is 9.00. The maximum absolute atomic E-state index is 13.0. The first-order chi connectivity index (χ1) is 13.3. The lowest BCUT2D eigenvalue weighted by Gasteiger charge is -2.13. The van der Waals surface area contributed by atoms with Gasteiger partial charge in [0.05, 0.1) is 23.4 Å². The van der Waals surface area contributed by atoms with Crippen LogP contribution in [0.3, 0.4) is 0 Å². The second-order valence-electron chi connectivity index (χ2n) is 6.99. The number of aromatic carboxylic acids is 1. The Hall–Kier alpha value is -2.63. The molecule has 0 spiro atoms. The molecule has 5 nitrogen and oxygen atoms in total. The Morgan fingerprint density at radius 2 is 1.89 bits per heavy atom. The van der Waals surface area contributed by atoms with Crippen LogP contribution in [0.1, 0.15) is 45.8 Å². The number of fused-ring (bicyclic) bond motifs is 1. The fourth-order valence-corrected chi connectivity index (χ4v) is 3.56. The van der Waals surface area contributed by atoms with Gasteiger partial charge in [-0.1, -0.05) is 49.7 Å². The maximum atomic E-state index is 13.0. The van der Waals surface area contributed by atoms with Crippen LogP contribution in [0.2, 0.25) is 5.02 Å². The van der Waals surface area contributed by atoms with Crippen LogP contribution in [0.5, 0.6) is 0 Å². The number of Topliss-reactive ketones (excluding diaryl/α,β-unsaturated/α-hetero) is 1. The molecule has 28 heavy (non-hydrogen) atoms. The quantitative estimate of drug-likeness (QED) is 0.566. The Kier molecular flexibility index (Phi) is 5.87. The molecule has 0 saturated heterocycles. The predicted octanol–water partition coefficient (Wildman–Crippen LogP) is 5.03. The molecule has 0 aliphatic rings. The molecule has 1 aromatic heterocycles. The van der Waals surface area contributed by atoms with Gasteiger partial charge in [0.15, 0.2) is 5.78 Å². The normalized spacial score (nSPS) is 11.3. The number of halogens is 1. The van der Waals surface area contributed by atoms with Crippen LogP contribution in [0.4, 0.5) is 0 Å². The number of ketones is 1. The lowest BCUT2D eigenvalue weighted by Crippen LogP contribution is -2.13. The molecule has 0 amide bonds. The van der Waals surface area contributed by atoms with Gasteiger partial charge in [0.25, 0.3) is 0 Å². The summed E-state index contributed by atoms with van der Waals surface area (Å²) in [6.45, 7) is 4.34. The highest BCUT2D eigenvalue weighted by Gasteiger charge is 2.25. The largest absolute Gasteiger partial charge is 0.478 e. The van der Waals surface area contributed by atoms with E-state index in [1.165, 1.54) is 6.07 Å². The van der Waals surface area contributed by atoms with Crippen molar-refractivity contribution in [3.63, 3.8) is 0 Å². The lowest BCUT2D eigenvalue weighted by atomic mass is 9.97. The van der Waals surface area contributed by atoms with Crippen LogP contribution in [-0.2, 0) is 17.9 Å². The molecule has 1 N–H and O–H groups in total. The Morgan fingerprint density at radius 3 is 2.50 bits per heavy atom. The topological polar surface area (TPSA) is 68.5 Å². The first-order valence-corrected chi connectivity index (χ1v) is 9.38. The van der Waals surface area contributed by atoms with Gasteiger partial charge >= 0.3 is 5.97 Å². The van der Waals surface area contributed by atoms with Gasteiger partial charge < -0.3 is 14.4 Å². The molecule has 0 aliphatic carbocycles. The Balaban J connectivity index is 2.33. The Labute approximate surface area is 168 Å². The summed E-state index contributed by atoms with van der Waals surface area (Å²) in [4.78, 5) is 24.5. The summed E-state index contributed by atoms with van der Waals surface area (Å²) in [7, 11) is 1.57. The van der Waals surface area contributed by atoms with Gasteiger partial charge in [0.2, 0.25) is 0 Å². The van der Waals surface area contributed by atoms with E-state index in [-0.39, 0.29) is 23.9 Å². The van der Waals surface area contributed by atoms with E-state index in [1.54, 1.807) is 25.3 Å². The molecule has 3 rings (SSSR count). The van der Waals surface area contributed by atoms with Gasteiger partial charge in [0, 0.05) is 35.5 Å². The van der Waals surface area contributed by atoms with Crippen LogP contribution in [0.25, 0.3) is 10.9 Å². The van der Waals surface area contributed by atoms with Crippen molar-refractivity contribution in [3.8, 4) is 0 Å². The molecule has 2 aromatic carbocycles. The lowest BCUT2D eigenvalue weighted by molar-refractivity contribution is 0.0696. The van der Waals surface area contributed by atoms with Gasteiger partial charge in [-0.15, -0.1) is 0 Å². The molecule has 0 unspecified atom stereocenters. The van der Waals surface area contributed by atoms with Crippen molar-refractivity contribution < 1.29 is 19.4 Å². The van der Waals surface area contributed by atoms with Crippen LogP contribution in [0.15, 0.2) is 42.5 Å². The molecule has 1 heterocycles. The molecule has 0 saturated carbocycles. The fourth-order valence-electron chi connectivity index (χ4n) is 3.36. The third-order valence-corrected chi connectivity index (χ3v) is 5.13. The maximum Gasteiger partial charge on any atom is 0.335 e. The zero-order valence-corrected chi connectivity index (χ0v) is 16.8. The number of carboxylic acid groups (broad SMARTS) is 1. The number of hydrogen-bond acceptors (Lipinski definition) is 3. The van der Waals surface area contributed by atoms with Crippen molar-refractivity contribution in [2.75, 3.05) is 7.11 Å². The summed E-state index contributed by atoms with van der Waals surface area (Å²) in [5, 5.41) is 10.8. The van der Waals surface area contributed by atoms with Crippen LogP contribution in [-0.4, -0.2) is 28.5 Å². The second kappa shape index (κ2) is 8.17. The van der Waals surface area contributed by atoms with Crippen molar-refractivity contribution in [2.24, 2.45) is 5.92 Å². The van der Waals surface area contributed by atoms with E-state index in [4.69, 9.17) is 16.3 Å². The van der Waals surface area contributed by atoms with Gasteiger partial charge in [0.1, 0.15) is 0 Å². The Morgan fingerprint density at radius 1 is 1.18 bits per heavy atom. The van der Waals surface area contributed by atoms with E-state index in [0.29, 0.717) is 22.6 Å². The highest BCUT2D eigenvalue weighted by Crippen LogP contribution is 2.32. The third kappa shape index (κ3) is 3.68. The van der Waals surface area contributed by atoms with Gasteiger partial charge in [-0.05, 0) is 23.8 Å². The van der Waals surface area contributed by atoms with Crippen molar-refractivity contribution in [1.82, 2.24) is 4.57 Å². The molecular weight excluding hydrogens is 378 g/mol. The standard InChI is InChI=1S/C22H22ClNO4/c1-13(2)21(25)20-16-9-8-14(22(26)27)10-18(16)24(19(20)12-28-3)11-15-6-4-5-7-17(15)23/h4-10,13H,11-12H2,1-3H3,(H,26,27). The number of rotatable bonds is 7. The van der Waals surface area contributed by atoms with Crippen molar-refractivity contribution in [3.05, 3.63) is 69.9 Å². The first kappa shape index (κ1) is 20.1. The summed E-state index contributed by atoms with van der Waals surface area (Å²) in [5.41, 5.74) is 3.02. The molecule has 3 aromatic rings. The average molecular weight is 400 g/mol. The zero-order chi connectivity index (χ0) is 20.4. The fraction of sp³-hybridized carbons (Fsp3) is 0.273. The summed E-state index contributed by atoms with van der Waals surface area (Å²) >= 11 is 6.35. The number of hydrogen-bond donors (Lipinski definition) is 1. The summed E-state index contributed by atoms with van der Waals surface area (Å²) < 4.78 is 7.32. The van der Waals surface area contributed by atoms with E-state index < -0.39 is 5.97 Å². The molecule has 0 radical (unpaired) electrons. The number of aromatic nitrogens is 1. The van der Waals surface area contributed by atoms with Crippen molar-refractivity contribution in [1.29, 1.82) is 0 Å². The SMILES string of the molecule is COCc1c(C(=O)C(C)C)c2ccc(C(=O)O)cc2n1Cc1ccccc1Cl. The summed E-state index contributed by atoms with van der Waals surface area (Å²) in [5.74, 6) is -1.22. The van der Waals surface area contributed by atoms with Crippen LogP contribution < -0.4 is 0 Å². The number of carbonyl (C=O) groups excluding carboxylic acids is 1. The minimum atomic E-state index is -1.02. The van der Waals surface area contributed by atoms with E-state index >= 15 is 0 Å². The van der Waals surface area contributed by atoms with Gasteiger partial charge in [-0.2, -0.15) is 0 Å². The smallest absolute Gasteiger partial charge is 0.335 e. The molecule has 0 atom stereocenters. The minimum absolute atomic E-state index is 0.00182. The number of nitrogens with zero attached hydrogens (tertiary/aromatic N) is 1. The number of carbonyl (C=O) groups is 2. The van der Waals surface area contributed by atoms with Crippen LogP contribution >= 0.6 is 11.6 Å². The number of methoxy groups -OCH3 is 1. The number of ether oxygens (including phenoxy) is 1. The Bertz CT molecular complexity index is 1050. The molecule has 6 heteroatoms. The second-order valence-corrected chi connectivity index (χ2v) is 7.40.